The highest BCUT2D eigenvalue weighted by Crippen LogP contribution is 2.49. The van der Waals surface area contributed by atoms with E-state index >= 15 is 0 Å². The number of rotatable bonds is 2. The van der Waals surface area contributed by atoms with Crippen molar-refractivity contribution in [1.29, 1.82) is 0 Å². The number of fused-ring (bicyclic) bond motifs is 3. The maximum atomic E-state index is 14.0. The first-order chi connectivity index (χ1) is 14.5. The van der Waals surface area contributed by atoms with Crippen LogP contribution in [0.2, 0.25) is 0 Å². The molecule has 1 aromatic carbocycles. The lowest BCUT2D eigenvalue weighted by Gasteiger charge is -2.44. The van der Waals surface area contributed by atoms with E-state index in [9.17, 15) is 42.3 Å². The Labute approximate surface area is 174 Å². The molecule has 9 heteroatoms. The van der Waals surface area contributed by atoms with Crippen LogP contribution in [-0.2, 0) is 25.6 Å². The van der Waals surface area contributed by atoms with Crippen molar-refractivity contribution in [2.75, 3.05) is 0 Å². The van der Waals surface area contributed by atoms with Crippen molar-refractivity contribution in [3.63, 3.8) is 0 Å². The van der Waals surface area contributed by atoms with Gasteiger partial charge in [-0.1, -0.05) is 0 Å². The number of phenols is 1. The number of phenolic OH excluding ortho intramolecular Hbond substituents is 1. The summed E-state index contributed by atoms with van der Waals surface area (Å²) in [5.41, 5.74) is -1.08. The van der Waals surface area contributed by atoms with Gasteiger partial charge in [0.05, 0.1) is 17.4 Å². The van der Waals surface area contributed by atoms with Crippen LogP contribution in [0, 0.1) is 29.6 Å². The van der Waals surface area contributed by atoms with E-state index in [4.69, 9.17) is 0 Å². The molecule has 0 heterocycles. The lowest BCUT2D eigenvalue weighted by molar-refractivity contribution is -0.152. The fraction of sp³-hybridized carbons (Fsp3) is 0.409. The molecule has 3 aliphatic rings. The second-order valence-corrected chi connectivity index (χ2v) is 8.36. The van der Waals surface area contributed by atoms with Crippen LogP contribution in [-0.4, -0.2) is 34.0 Å². The van der Waals surface area contributed by atoms with Gasteiger partial charge in [0.25, 0.3) is 0 Å². The topological polar surface area (TPSA) is 106 Å². The van der Waals surface area contributed by atoms with Crippen molar-refractivity contribution < 1.29 is 42.3 Å². The molecule has 0 aromatic heterocycles. The van der Waals surface area contributed by atoms with Crippen LogP contribution in [0.15, 0.2) is 18.2 Å². The number of hydrogen-bond donors (Lipinski definition) is 1. The number of ketones is 5. The minimum absolute atomic E-state index is 0.0902. The predicted molar refractivity (Wildman–Crippen MR) is 98.8 cm³/mol. The Kier molecular flexibility index (Phi) is 4.94. The van der Waals surface area contributed by atoms with E-state index in [1.165, 1.54) is 0 Å². The summed E-state index contributed by atoms with van der Waals surface area (Å²) in [6, 6.07) is 1.84. The normalized spacial score (nSPS) is 29.7. The molecule has 2 saturated carbocycles. The highest BCUT2D eigenvalue weighted by Gasteiger charge is 2.57. The summed E-state index contributed by atoms with van der Waals surface area (Å²) >= 11 is 0. The third-order valence-corrected chi connectivity index (χ3v) is 6.63. The molecule has 31 heavy (non-hydrogen) atoms. The first kappa shape index (κ1) is 21.1. The molecular weight excluding hydrogens is 417 g/mol. The van der Waals surface area contributed by atoms with Crippen LogP contribution >= 0.6 is 0 Å². The number of carbonyl (C=O) groups excluding carboxylic acids is 5. The maximum Gasteiger partial charge on any atom is 0.306 e. The van der Waals surface area contributed by atoms with E-state index in [0.717, 1.165) is 19.1 Å². The Morgan fingerprint density at radius 1 is 0.968 bits per heavy atom. The van der Waals surface area contributed by atoms with Gasteiger partial charge < -0.3 is 5.11 Å². The van der Waals surface area contributed by atoms with E-state index in [0.29, 0.717) is 0 Å². The molecule has 6 nitrogen and oxygen atoms in total. The number of hydrogen-bond acceptors (Lipinski definition) is 6. The number of aromatic hydroxyl groups is 1. The quantitative estimate of drug-likeness (QED) is 0.718. The Bertz CT molecular complexity index is 1100. The highest BCUT2D eigenvalue weighted by molar-refractivity contribution is 6.27. The minimum atomic E-state index is -2.58. The minimum Gasteiger partial charge on any atom is -0.507 e. The molecule has 5 atom stereocenters. The summed E-state index contributed by atoms with van der Waals surface area (Å²) in [4.78, 5) is 63.2. The third kappa shape index (κ3) is 3.05. The highest BCUT2D eigenvalue weighted by atomic mass is 19.3. The van der Waals surface area contributed by atoms with Crippen LogP contribution in [0.1, 0.15) is 41.3 Å². The zero-order valence-electron chi connectivity index (χ0n) is 16.3. The zero-order chi connectivity index (χ0) is 22.8. The second-order valence-electron chi connectivity index (χ2n) is 8.36. The van der Waals surface area contributed by atoms with Crippen molar-refractivity contribution in [3.05, 3.63) is 34.9 Å². The van der Waals surface area contributed by atoms with Crippen molar-refractivity contribution >= 4 is 34.7 Å². The van der Waals surface area contributed by atoms with Crippen molar-refractivity contribution in [2.24, 2.45) is 29.6 Å². The predicted octanol–water partition coefficient (Wildman–Crippen LogP) is 2.85. The van der Waals surface area contributed by atoms with Crippen molar-refractivity contribution in [3.8, 4) is 5.75 Å². The summed E-state index contributed by atoms with van der Waals surface area (Å²) in [5, 5.41) is 10.2. The van der Waals surface area contributed by atoms with Crippen molar-refractivity contribution in [1.82, 2.24) is 0 Å². The standard InChI is InChI=1S/C22H17F3O6/c1-7(26)14-13(28)6-9-4-8-5-11-10(18(23)22(24)25)2-3-12(27)17(11)21(31)15(8)20(30)16(9)19(14)29/h2-3,8-9,14-16,27H,4-6H2,1H3. The van der Waals surface area contributed by atoms with Gasteiger partial charge in [0.15, 0.2) is 29.0 Å². The molecule has 0 bridgehead atoms. The van der Waals surface area contributed by atoms with Gasteiger partial charge in [-0.3, -0.25) is 24.0 Å². The molecule has 162 valence electrons. The SMILES string of the molecule is CC(=O)C1C(=O)CC2CC3Cc4c(C(F)=C(F)F)ccc(O)c4C(=O)C3C(=O)C2C1=O. The number of Topliss-reactive ketones (excluding diaryl/α,β-unsaturated/α-hetero) is 5. The van der Waals surface area contributed by atoms with Gasteiger partial charge in [0, 0.05) is 12.0 Å². The first-order valence-electron chi connectivity index (χ1n) is 9.75. The van der Waals surface area contributed by atoms with E-state index in [1.807, 2.05) is 0 Å². The molecule has 0 saturated heterocycles. The third-order valence-electron chi connectivity index (χ3n) is 6.63. The number of carbonyl (C=O) groups is 5. The lowest BCUT2D eigenvalue weighted by Crippen LogP contribution is -2.55. The molecular formula is C22H17F3O6. The van der Waals surface area contributed by atoms with Crippen LogP contribution in [0.3, 0.4) is 0 Å². The second kappa shape index (κ2) is 7.25. The van der Waals surface area contributed by atoms with Gasteiger partial charge in [0.1, 0.15) is 17.5 Å². The molecule has 3 aliphatic carbocycles. The van der Waals surface area contributed by atoms with Gasteiger partial charge in [-0.05, 0) is 49.3 Å². The molecule has 0 spiro atoms. The van der Waals surface area contributed by atoms with Gasteiger partial charge >= 0.3 is 6.08 Å². The van der Waals surface area contributed by atoms with Gasteiger partial charge in [-0.25, -0.2) is 4.39 Å². The van der Waals surface area contributed by atoms with Gasteiger partial charge in [-0.2, -0.15) is 8.78 Å². The van der Waals surface area contributed by atoms with E-state index in [2.05, 4.69) is 0 Å². The van der Waals surface area contributed by atoms with E-state index in [-0.39, 0.29) is 24.8 Å². The van der Waals surface area contributed by atoms with Gasteiger partial charge in [-0.15, -0.1) is 0 Å². The Morgan fingerprint density at radius 3 is 2.23 bits per heavy atom. The summed E-state index contributed by atoms with van der Waals surface area (Å²) in [6.45, 7) is 1.09. The zero-order valence-corrected chi connectivity index (χ0v) is 16.3. The maximum absolute atomic E-state index is 14.0. The summed E-state index contributed by atoms with van der Waals surface area (Å²) in [5.74, 6) is -11.7. The van der Waals surface area contributed by atoms with E-state index < -0.39 is 87.3 Å². The Morgan fingerprint density at radius 2 is 1.61 bits per heavy atom. The fourth-order valence-electron chi connectivity index (χ4n) is 5.43. The van der Waals surface area contributed by atoms with E-state index in [1.54, 1.807) is 0 Å². The molecule has 0 radical (unpaired) electrons. The average Bonchev–Trinajstić information content (AvgIpc) is 2.66. The molecule has 0 amide bonds. The molecule has 4 rings (SSSR count). The van der Waals surface area contributed by atoms with Crippen LogP contribution in [0.25, 0.3) is 5.83 Å². The van der Waals surface area contributed by atoms with Crippen molar-refractivity contribution in [2.45, 2.75) is 26.2 Å². The smallest absolute Gasteiger partial charge is 0.306 e. The first-order valence-corrected chi connectivity index (χ1v) is 9.75. The molecule has 0 aliphatic heterocycles. The lowest BCUT2D eigenvalue weighted by atomic mass is 9.55. The average molecular weight is 434 g/mol. The largest absolute Gasteiger partial charge is 0.507 e. The summed E-state index contributed by atoms with van der Waals surface area (Å²) in [6.07, 6.45) is -2.82. The van der Waals surface area contributed by atoms with Crippen LogP contribution < -0.4 is 0 Å². The molecule has 2 fully saturated rings. The monoisotopic (exact) mass is 434 g/mol. The molecule has 1 aromatic rings. The fourth-order valence-corrected chi connectivity index (χ4v) is 5.43. The van der Waals surface area contributed by atoms with Crippen LogP contribution in [0.5, 0.6) is 5.75 Å². The Balaban J connectivity index is 1.80. The van der Waals surface area contributed by atoms with Gasteiger partial charge in [0.2, 0.25) is 0 Å². The number of halogens is 3. The summed E-state index contributed by atoms with van der Waals surface area (Å²) in [7, 11) is 0. The summed E-state index contributed by atoms with van der Waals surface area (Å²) < 4.78 is 39.8. The number of benzene rings is 1. The molecule has 5 unspecified atom stereocenters. The Hall–Kier alpha value is -3.10. The molecule has 1 N–H and O–H groups in total. The van der Waals surface area contributed by atoms with Crippen LogP contribution in [0.4, 0.5) is 13.2 Å².